The molecule has 1 N–H and O–H groups in total. The Balaban J connectivity index is 1.67. The Kier molecular flexibility index (Phi) is 3.83. The lowest BCUT2D eigenvalue weighted by molar-refractivity contribution is 0.122. The van der Waals surface area contributed by atoms with Gasteiger partial charge >= 0.3 is 0 Å². The Morgan fingerprint density at radius 1 is 1.00 bits per heavy atom. The molecule has 2 aromatic carbocycles. The van der Waals surface area contributed by atoms with Crippen LogP contribution in [0.3, 0.4) is 0 Å². The van der Waals surface area contributed by atoms with E-state index in [1.165, 1.54) is 5.39 Å². The van der Waals surface area contributed by atoms with Crippen LogP contribution >= 0.6 is 0 Å². The number of nitrogens with zero attached hydrogens (tertiary/aromatic N) is 3. The quantitative estimate of drug-likeness (QED) is 0.596. The summed E-state index contributed by atoms with van der Waals surface area (Å²) in [5, 5.41) is 2.82. The molecule has 0 atom stereocenters. The maximum Gasteiger partial charge on any atom is 0.262 e. The van der Waals surface area contributed by atoms with E-state index < -0.39 is 0 Å². The zero-order valence-electron chi connectivity index (χ0n) is 14.7. The van der Waals surface area contributed by atoms with Crippen molar-refractivity contribution in [2.45, 2.75) is 0 Å². The number of benzene rings is 2. The van der Waals surface area contributed by atoms with Crippen molar-refractivity contribution >= 4 is 27.8 Å². The zero-order valence-corrected chi connectivity index (χ0v) is 14.7. The van der Waals surface area contributed by atoms with Crippen LogP contribution in [0.25, 0.3) is 32.9 Å². The minimum absolute atomic E-state index is 0.169. The van der Waals surface area contributed by atoms with Gasteiger partial charge in [-0.25, -0.2) is 4.98 Å². The van der Waals surface area contributed by atoms with Crippen molar-refractivity contribution in [3.8, 4) is 11.1 Å². The molecule has 0 aliphatic carbocycles. The molecular formula is C21H18N4O2. The standard InChI is InChI=1S/C21H18N4O2/c26-20-18-17(16-6-5-14-3-1-2-4-15(14)13-16)7-8-22-19(18)23-21(24-20)25-9-11-27-12-10-25/h1-8,13H,9-12H2,(H,22,23,24,26). The number of rotatable bonds is 2. The van der Waals surface area contributed by atoms with E-state index in [-0.39, 0.29) is 5.56 Å². The van der Waals surface area contributed by atoms with Gasteiger partial charge < -0.3 is 9.64 Å². The first-order chi connectivity index (χ1) is 13.3. The number of H-pyrrole nitrogens is 1. The van der Waals surface area contributed by atoms with Gasteiger partial charge in [0.2, 0.25) is 5.95 Å². The maximum atomic E-state index is 12.9. The molecule has 6 nitrogen and oxygen atoms in total. The summed E-state index contributed by atoms with van der Waals surface area (Å²) in [6.07, 6.45) is 1.71. The SMILES string of the molecule is O=c1[nH]c(N2CCOCC2)nc2nccc(-c3ccc4ccccc4c3)c12. The third-order valence-corrected chi connectivity index (χ3v) is 4.97. The van der Waals surface area contributed by atoms with Crippen molar-refractivity contribution in [1.82, 2.24) is 15.0 Å². The molecule has 4 aromatic rings. The molecule has 6 heteroatoms. The summed E-state index contributed by atoms with van der Waals surface area (Å²) in [6, 6.07) is 16.3. The van der Waals surface area contributed by atoms with Gasteiger partial charge in [0.1, 0.15) is 0 Å². The molecule has 0 amide bonds. The van der Waals surface area contributed by atoms with E-state index in [4.69, 9.17) is 4.74 Å². The highest BCUT2D eigenvalue weighted by Gasteiger charge is 2.17. The van der Waals surface area contributed by atoms with Crippen molar-refractivity contribution in [3.63, 3.8) is 0 Å². The molecule has 134 valence electrons. The molecule has 1 aliphatic rings. The van der Waals surface area contributed by atoms with Crippen LogP contribution in [0.4, 0.5) is 5.95 Å². The van der Waals surface area contributed by atoms with Gasteiger partial charge in [-0.2, -0.15) is 4.98 Å². The third-order valence-electron chi connectivity index (χ3n) is 4.97. The molecule has 2 aromatic heterocycles. The predicted octanol–water partition coefficient (Wildman–Crippen LogP) is 2.97. The second kappa shape index (κ2) is 6.48. The Morgan fingerprint density at radius 3 is 2.67 bits per heavy atom. The van der Waals surface area contributed by atoms with Gasteiger partial charge in [0, 0.05) is 19.3 Å². The highest BCUT2D eigenvalue weighted by atomic mass is 16.5. The summed E-state index contributed by atoms with van der Waals surface area (Å²) >= 11 is 0. The Morgan fingerprint density at radius 2 is 1.81 bits per heavy atom. The average molecular weight is 358 g/mol. The smallest absolute Gasteiger partial charge is 0.262 e. The summed E-state index contributed by atoms with van der Waals surface area (Å²) in [4.78, 5) is 26.8. The van der Waals surface area contributed by atoms with Crippen LogP contribution in [0.5, 0.6) is 0 Å². The van der Waals surface area contributed by atoms with Crippen LogP contribution in [0.2, 0.25) is 0 Å². The highest BCUT2D eigenvalue weighted by Crippen LogP contribution is 2.28. The molecule has 0 spiro atoms. The maximum absolute atomic E-state index is 12.9. The molecule has 3 heterocycles. The van der Waals surface area contributed by atoms with E-state index in [1.807, 2.05) is 29.2 Å². The number of aromatic amines is 1. The minimum Gasteiger partial charge on any atom is -0.378 e. The second-order valence-corrected chi connectivity index (χ2v) is 6.61. The zero-order chi connectivity index (χ0) is 18.2. The van der Waals surface area contributed by atoms with Crippen molar-refractivity contribution in [2.24, 2.45) is 0 Å². The first kappa shape index (κ1) is 16.0. The highest BCUT2D eigenvalue weighted by molar-refractivity contribution is 5.95. The van der Waals surface area contributed by atoms with Crippen molar-refractivity contribution in [1.29, 1.82) is 0 Å². The Bertz CT molecular complexity index is 1200. The van der Waals surface area contributed by atoms with Crippen molar-refractivity contribution in [2.75, 3.05) is 31.2 Å². The van der Waals surface area contributed by atoms with Gasteiger partial charge in [-0.05, 0) is 34.0 Å². The van der Waals surface area contributed by atoms with Crippen molar-refractivity contribution < 1.29 is 4.74 Å². The number of hydrogen-bond acceptors (Lipinski definition) is 5. The summed E-state index contributed by atoms with van der Waals surface area (Å²) in [6.45, 7) is 2.68. The number of hydrogen-bond donors (Lipinski definition) is 1. The van der Waals surface area contributed by atoms with Gasteiger partial charge in [-0.3, -0.25) is 9.78 Å². The summed E-state index contributed by atoms with van der Waals surface area (Å²) in [7, 11) is 0. The minimum atomic E-state index is -0.169. The van der Waals surface area contributed by atoms with Crippen LogP contribution < -0.4 is 10.5 Å². The Labute approximate surface area is 155 Å². The van der Waals surface area contributed by atoms with E-state index in [0.29, 0.717) is 43.3 Å². The number of nitrogens with one attached hydrogen (secondary N) is 1. The third kappa shape index (κ3) is 2.84. The van der Waals surface area contributed by atoms with Crippen LogP contribution in [0.1, 0.15) is 0 Å². The molecule has 0 unspecified atom stereocenters. The summed E-state index contributed by atoms with van der Waals surface area (Å²) < 4.78 is 5.37. The van der Waals surface area contributed by atoms with E-state index >= 15 is 0 Å². The fourth-order valence-corrected chi connectivity index (χ4v) is 3.57. The fraction of sp³-hybridized carbons (Fsp3) is 0.190. The normalized spacial score (nSPS) is 14.7. The molecule has 5 rings (SSSR count). The van der Waals surface area contributed by atoms with E-state index in [0.717, 1.165) is 16.5 Å². The van der Waals surface area contributed by atoms with Gasteiger partial charge in [-0.15, -0.1) is 0 Å². The van der Waals surface area contributed by atoms with Crippen LogP contribution in [0.15, 0.2) is 59.5 Å². The molecule has 1 fully saturated rings. The average Bonchev–Trinajstić information content (AvgIpc) is 2.73. The number of morpholine rings is 1. The largest absolute Gasteiger partial charge is 0.378 e. The van der Waals surface area contributed by atoms with Gasteiger partial charge in [0.25, 0.3) is 5.56 Å². The van der Waals surface area contributed by atoms with Gasteiger partial charge in [0.15, 0.2) is 5.65 Å². The topological polar surface area (TPSA) is 71.1 Å². The monoisotopic (exact) mass is 358 g/mol. The fourth-order valence-electron chi connectivity index (χ4n) is 3.57. The first-order valence-electron chi connectivity index (χ1n) is 9.00. The molecule has 0 saturated carbocycles. The number of anilines is 1. The van der Waals surface area contributed by atoms with Crippen LogP contribution in [-0.4, -0.2) is 41.3 Å². The van der Waals surface area contributed by atoms with Gasteiger partial charge in [-0.1, -0.05) is 36.4 Å². The second-order valence-electron chi connectivity index (χ2n) is 6.61. The van der Waals surface area contributed by atoms with Crippen LogP contribution in [-0.2, 0) is 4.74 Å². The lowest BCUT2D eigenvalue weighted by Gasteiger charge is -2.27. The number of fused-ring (bicyclic) bond motifs is 2. The van der Waals surface area contributed by atoms with Gasteiger partial charge in [0.05, 0.1) is 18.6 Å². The molecule has 0 radical (unpaired) electrons. The number of ether oxygens (including phenoxy) is 1. The van der Waals surface area contributed by atoms with E-state index in [9.17, 15) is 4.79 Å². The number of pyridine rings is 1. The molecule has 1 aliphatic heterocycles. The van der Waals surface area contributed by atoms with E-state index in [1.54, 1.807) is 6.20 Å². The predicted molar refractivity (Wildman–Crippen MR) is 106 cm³/mol. The lowest BCUT2D eigenvalue weighted by Crippen LogP contribution is -2.38. The molecule has 27 heavy (non-hydrogen) atoms. The van der Waals surface area contributed by atoms with Crippen molar-refractivity contribution in [3.05, 3.63) is 65.1 Å². The molecule has 1 saturated heterocycles. The summed E-state index contributed by atoms with van der Waals surface area (Å²) in [5.74, 6) is 0.555. The van der Waals surface area contributed by atoms with E-state index in [2.05, 4.69) is 39.2 Å². The van der Waals surface area contributed by atoms with Crippen LogP contribution in [0, 0.1) is 0 Å². The summed E-state index contributed by atoms with van der Waals surface area (Å²) in [5.41, 5.74) is 2.12. The number of aromatic nitrogens is 3. The molecular weight excluding hydrogens is 340 g/mol. The lowest BCUT2D eigenvalue weighted by atomic mass is 10.00. The molecule has 0 bridgehead atoms. The first-order valence-corrected chi connectivity index (χ1v) is 9.00. The Hall–Kier alpha value is -3.25.